The molecule has 1 aromatic heterocycles. The lowest BCUT2D eigenvalue weighted by Crippen LogP contribution is -2.40. The second-order valence-electron chi connectivity index (χ2n) is 7.28. The van der Waals surface area contributed by atoms with Gasteiger partial charge in [-0.2, -0.15) is 0 Å². The number of carbonyl (C=O) groups excluding carboxylic acids is 1. The summed E-state index contributed by atoms with van der Waals surface area (Å²) in [4.78, 5) is 21.1. The van der Waals surface area contributed by atoms with Gasteiger partial charge in [0.1, 0.15) is 0 Å². The van der Waals surface area contributed by atoms with E-state index in [0.717, 1.165) is 36.2 Å². The van der Waals surface area contributed by atoms with Crippen LogP contribution < -0.4 is 20.7 Å². The highest BCUT2D eigenvalue weighted by molar-refractivity contribution is 5.94. The van der Waals surface area contributed by atoms with E-state index in [2.05, 4.69) is 33.9 Å². The maximum absolute atomic E-state index is 12.1. The van der Waals surface area contributed by atoms with Gasteiger partial charge in [-0.15, -0.1) is 0 Å². The Morgan fingerprint density at radius 3 is 2.93 bits per heavy atom. The van der Waals surface area contributed by atoms with Gasteiger partial charge in [0.25, 0.3) is 0 Å². The zero-order valence-corrected chi connectivity index (χ0v) is 17.8. The van der Waals surface area contributed by atoms with Crippen molar-refractivity contribution in [2.24, 2.45) is 4.99 Å². The minimum atomic E-state index is 0.0478. The minimum Gasteiger partial charge on any atom is -0.477 e. The molecule has 0 saturated heterocycles. The summed E-state index contributed by atoms with van der Waals surface area (Å²) in [5.41, 5.74) is 3.00. The molecule has 2 aromatic rings. The van der Waals surface area contributed by atoms with E-state index < -0.39 is 0 Å². The average molecular weight is 410 g/mol. The molecule has 3 rings (SSSR count). The van der Waals surface area contributed by atoms with E-state index in [1.54, 1.807) is 6.20 Å². The number of pyridine rings is 1. The molecule has 7 nitrogen and oxygen atoms in total. The molecule has 0 radical (unpaired) electrons. The summed E-state index contributed by atoms with van der Waals surface area (Å²) >= 11 is 0. The molecule has 1 atom stereocenters. The van der Waals surface area contributed by atoms with E-state index >= 15 is 0 Å². The van der Waals surface area contributed by atoms with Crippen LogP contribution in [0.3, 0.4) is 0 Å². The zero-order chi connectivity index (χ0) is 21.2. The van der Waals surface area contributed by atoms with Gasteiger partial charge in [-0.1, -0.05) is 37.6 Å². The fourth-order valence-corrected chi connectivity index (χ4v) is 3.40. The highest BCUT2D eigenvalue weighted by Gasteiger charge is 2.24. The van der Waals surface area contributed by atoms with Crippen molar-refractivity contribution in [1.29, 1.82) is 0 Å². The number of hydrogen-bond donors (Lipinski definition) is 3. The second-order valence-corrected chi connectivity index (χ2v) is 7.28. The molecular formula is C23H31N5O2. The Kier molecular flexibility index (Phi) is 8.06. The molecule has 1 amide bonds. The molecule has 0 bridgehead atoms. The first-order valence-electron chi connectivity index (χ1n) is 10.7. The molecule has 0 saturated carbocycles. The summed E-state index contributed by atoms with van der Waals surface area (Å²) in [5, 5.41) is 9.61. The van der Waals surface area contributed by atoms with E-state index in [4.69, 9.17) is 9.73 Å². The molecule has 1 aromatic carbocycles. The van der Waals surface area contributed by atoms with Crippen LogP contribution in [0.1, 0.15) is 50.2 Å². The SMILES string of the molecule is CCCCOc1ncccc1CN=C(NCC)NCC1CC(=O)Nc2ccccc21. The number of guanidine groups is 1. The Balaban J connectivity index is 1.65. The van der Waals surface area contributed by atoms with Crippen molar-refractivity contribution in [3.05, 3.63) is 53.7 Å². The third-order valence-electron chi connectivity index (χ3n) is 4.96. The number of aromatic nitrogens is 1. The highest BCUT2D eigenvalue weighted by Crippen LogP contribution is 2.31. The van der Waals surface area contributed by atoms with Gasteiger partial charge in [-0.3, -0.25) is 4.79 Å². The normalized spacial score (nSPS) is 15.9. The van der Waals surface area contributed by atoms with Crippen LogP contribution >= 0.6 is 0 Å². The molecule has 2 heterocycles. The summed E-state index contributed by atoms with van der Waals surface area (Å²) < 4.78 is 5.81. The lowest BCUT2D eigenvalue weighted by atomic mass is 9.90. The maximum atomic E-state index is 12.1. The quantitative estimate of drug-likeness (QED) is 0.335. The van der Waals surface area contributed by atoms with Crippen LogP contribution in [0.4, 0.5) is 5.69 Å². The van der Waals surface area contributed by atoms with Crippen LogP contribution in [-0.2, 0) is 11.3 Å². The van der Waals surface area contributed by atoms with Gasteiger partial charge in [-0.25, -0.2) is 9.98 Å². The number of nitrogens with zero attached hydrogens (tertiary/aromatic N) is 2. The third kappa shape index (κ3) is 5.95. The van der Waals surface area contributed by atoms with Crippen molar-refractivity contribution in [1.82, 2.24) is 15.6 Å². The Hall–Kier alpha value is -3.09. The van der Waals surface area contributed by atoms with E-state index in [1.807, 2.05) is 37.3 Å². The topological polar surface area (TPSA) is 87.6 Å². The van der Waals surface area contributed by atoms with Crippen LogP contribution in [0.15, 0.2) is 47.6 Å². The molecule has 30 heavy (non-hydrogen) atoms. The van der Waals surface area contributed by atoms with Crippen LogP contribution in [-0.4, -0.2) is 36.5 Å². The molecule has 1 unspecified atom stereocenters. The van der Waals surface area contributed by atoms with Gasteiger partial charge in [0, 0.05) is 42.9 Å². The number of amides is 1. The summed E-state index contributed by atoms with van der Waals surface area (Å²) in [6.45, 7) is 6.67. The molecule has 7 heteroatoms. The van der Waals surface area contributed by atoms with Crippen molar-refractivity contribution in [2.45, 2.75) is 45.6 Å². The van der Waals surface area contributed by atoms with Gasteiger partial charge in [-0.05, 0) is 31.0 Å². The molecule has 0 fully saturated rings. The van der Waals surface area contributed by atoms with Crippen LogP contribution in [0, 0.1) is 0 Å². The van der Waals surface area contributed by atoms with Crippen molar-refractivity contribution in [3.63, 3.8) is 0 Å². The number of fused-ring (bicyclic) bond motifs is 1. The number of para-hydroxylation sites is 1. The lowest BCUT2D eigenvalue weighted by Gasteiger charge is -2.26. The first kappa shape index (κ1) is 21.6. The van der Waals surface area contributed by atoms with Gasteiger partial charge in [0.2, 0.25) is 11.8 Å². The molecule has 3 N–H and O–H groups in total. The number of unbranched alkanes of at least 4 members (excludes halogenated alkanes) is 1. The minimum absolute atomic E-state index is 0.0478. The average Bonchev–Trinajstić information content (AvgIpc) is 2.76. The Morgan fingerprint density at radius 1 is 1.23 bits per heavy atom. The molecule has 1 aliphatic rings. The van der Waals surface area contributed by atoms with Crippen LogP contribution in [0.2, 0.25) is 0 Å². The van der Waals surface area contributed by atoms with E-state index in [0.29, 0.717) is 38.0 Å². The van der Waals surface area contributed by atoms with Gasteiger partial charge in [0.15, 0.2) is 5.96 Å². The van der Waals surface area contributed by atoms with E-state index in [-0.39, 0.29) is 11.8 Å². The van der Waals surface area contributed by atoms with Gasteiger partial charge < -0.3 is 20.7 Å². The monoisotopic (exact) mass is 409 g/mol. The van der Waals surface area contributed by atoms with Gasteiger partial charge >= 0.3 is 0 Å². The Labute approximate surface area is 178 Å². The molecule has 0 aliphatic carbocycles. The van der Waals surface area contributed by atoms with Crippen LogP contribution in [0.25, 0.3) is 0 Å². The van der Waals surface area contributed by atoms with Crippen molar-refractivity contribution < 1.29 is 9.53 Å². The highest BCUT2D eigenvalue weighted by atomic mass is 16.5. The number of rotatable bonds is 9. The predicted octanol–water partition coefficient (Wildman–Crippen LogP) is 3.44. The lowest BCUT2D eigenvalue weighted by molar-refractivity contribution is -0.116. The van der Waals surface area contributed by atoms with Gasteiger partial charge in [0.05, 0.1) is 13.2 Å². The first-order chi connectivity index (χ1) is 14.7. The summed E-state index contributed by atoms with van der Waals surface area (Å²) in [5.74, 6) is 1.50. The predicted molar refractivity (Wildman–Crippen MR) is 120 cm³/mol. The third-order valence-corrected chi connectivity index (χ3v) is 4.96. The number of anilines is 1. The number of carbonyl (C=O) groups is 1. The number of nitrogens with one attached hydrogen (secondary N) is 3. The van der Waals surface area contributed by atoms with E-state index in [9.17, 15) is 4.79 Å². The number of hydrogen-bond acceptors (Lipinski definition) is 4. The zero-order valence-electron chi connectivity index (χ0n) is 17.8. The Morgan fingerprint density at radius 2 is 2.10 bits per heavy atom. The smallest absolute Gasteiger partial charge is 0.225 e. The first-order valence-corrected chi connectivity index (χ1v) is 10.7. The molecule has 0 spiro atoms. The maximum Gasteiger partial charge on any atom is 0.225 e. The number of aliphatic imine (C=N–C) groups is 1. The largest absolute Gasteiger partial charge is 0.477 e. The number of ether oxygens (including phenoxy) is 1. The number of benzene rings is 1. The molecule has 1 aliphatic heterocycles. The van der Waals surface area contributed by atoms with Crippen molar-refractivity contribution in [2.75, 3.05) is 25.0 Å². The van der Waals surface area contributed by atoms with Crippen LogP contribution in [0.5, 0.6) is 5.88 Å². The fourth-order valence-electron chi connectivity index (χ4n) is 3.40. The summed E-state index contributed by atoms with van der Waals surface area (Å²) in [7, 11) is 0. The van der Waals surface area contributed by atoms with Crippen molar-refractivity contribution >= 4 is 17.6 Å². The fraction of sp³-hybridized carbons (Fsp3) is 0.435. The molecular weight excluding hydrogens is 378 g/mol. The van der Waals surface area contributed by atoms with E-state index in [1.165, 1.54) is 0 Å². The molecule has 160 valence electrons. The summed E-state index contributed by atoms with van der Waals surface area (Å²) in [6.07, 6.45) is 4.28. The van der Waals surface area contributed by atoms with Crippen molar-refractivity contribution in [3.8, 4) is 5.88 Å². The standard InChI is InChI=1S/C23H31N5O2/c1-3-5-13-30-22-17(9-8-12-25-22)15-26-23(24-4-2)27-16-18-14-21(29)28-20-11-7-6-10-19(18)20/h6-12,18H,3-5,13-16H2,1-2H3,(H,28,29)(H2,24,26,27). The summed E-state index contributed by atoms with van der Waals surface area (Å²) in [6, 6.07) is 11.8. The second kappa shape index (κ2) is 11.2. The Bertz CT molecular complexity index is 868.